The van der Waals surface area contributed by atoms with Gasteiger partial charge in [-0.2, -0.15) is 5.10 Å². The molecule has 3 amide bonds. The second kappa shape index (κ2) is 12.2. The van der Waals surface area contributed by atoms with Gasteiger partial charge in [0.25, 0.3) is 5.91 Å². The van der Waals surface area contributed by atoms with Gasteiger partial charge in [0.15, 0.2) is 6.61 Å². The molecule has 1 aliphatic rings. The summed E-state index contributed by atoms with van der Waals surface area (Å²) in [4.78, 5) is 35.7. The van der Waals surface area contributed by atoms with Gasteiger partial charge >= 0.3 is 11.8 Å². The van der Waals surface area contributed by atoms with E-state index in [1.54, 1.807) is 36.4 Å². The zero-order valence-electron chi connectivity index (χ0n) is 17.5. The SMILES string of the molecule is O=C(COc1cccc(/C=N\NC(=O)C(=O)NC[C@@H]2CCCO2)c1)Nc1ccc(Cl)cc1Cl. The lowest BCUT2D eigenvalue weighted by molar-refractivity contribution is -0.139. The molecular weight excluding hydrogens is 471 g/mol. The average molecular weight is 493 g/mol. The molecule has 2 aromatic rings. The minimum atomic E-state index is -0.880. The van der Waals surface area contributed by atoms with E-state index in [-0.39, 0.29) is 19.3 Å². The molecule has 1 saturated heterocycles. The van der Waals surface area contributed by atoms with Gasteiger partial charge in [-0.15, -0.1) is 0 Å². The molecule has 0 saturated carbocycles. The number of hydrazone groups is 1. The van der Waals surface area contributed by atoms with Gasteiger partial charge in [-0.25, -0.2) is 5.43 Å². The van der Waals surface area contributed by atoms with Gasteiger partial charge in [-0.1, -0.05) is 35.3 Å². The van der Waals surface area contributed by atoms with Crippen molar-refractivity contribution in [2.75, 3.05) is 25.1 Å². The predicted octanol–water partition coefficient (Wildman–Crippen LogP) is 2.76. The van der Waals surface area contributed by atoms with Crippen LogP contribution in [0.4, 0.5) is 5.69 Å². The normalized spacial score (nSPS) is 15.3. The molecular formula is C22H22Cl2N4O5. The molecule has 11 heteroatoms. The number of halogens is 2. The van der Waals surface area contributed by atoms with Gasteiger partial charge in [0.05, 0.1) is 23.0 Å². The Labute approximate surface area is 200 Å². The first-order chi connectivity index (χ1) is 15.9. The Hall–Kier alpha value is -3.14. The number of rotatable bonds is 8. The molecule has 0 unspecified atom stereocenters. The number of ether oxygens (including phenoxy) is 2. The van der Waals surface area contributed by atoms with Crippen LogP contribution in [0.2, 0.25) is 10.0 Å². The number of nitrogens with one attached hydrogen (secondary N) is 3. The Morgan fingerprint density at radius 2 is 2.00 bits per heavy atom. The van der Waals surface area contributed by atoms with Crippen molar-refractivity contribution in [3.8, 4) is 5.75 Å². The molecule has 0 aromatic heterocycles. The molecule has 33 heavy (non-hydrogen) atoms. The van der Waals surface area contributed by atoms with Crippen molar-refractivity contribution >= 4 is 52.8 Å². The number of hydrogen-bond acceptors (Lipinski definition) is 6. The molecule has 1 fully saturated rings. The van der Waals surface area contributed by atoms with Gasteiger partial charge in [-0.3, -0.25) is 14.4 Å². The molecule has 0 radical (unpaired) electrons. The average Bonchev–Trinajstić information content (AvgIpc) is 3.32. The standard InChI is InChI=1S/C22H22Cl2N4O5/c23-15-6-7-19(18(24)10-15)27-20(29)13-33-16-4-1-3-14(9-16)11-26-28-22(31)21(30)25-12-17-5-2-8-32-17/h1,3-4,6-7,9-11,17H,2,5,8,12-13H2,(H,25,30)(H,27,29)(H,28,31)/b26-11-/t17-/m0/s1. The number of nitrogens with zero attached hydrogens (tertiary/aromatic N) is 1. The Balaban J connectivity index is 1.43. The van der Waals surface area contributed by atoms with E-state index in [4.69, 9.17) is 32.7 Å². The van der Waals surface area contributed by atoms with E-state index >= 15 is 0 Å². The van der Waals surface area contributed by atoms with Crippen LogP contribution >= 0.6 is 23.2 Å². The summed E-state index contributed by atoms with van der Waals surface area (Å²) in [7, 11) is 0. The molecule has 2 aromatic carbocycles. The minimum absolute atomic E-state index is 0.0572. The number of benzene rings is 2. The maximum absolute atomic E-state index is 12.1. The van der Waals surface area contributed by atoms with E-state index in [2.05, 4.69) is 21.2 Å². The summed E-state index contributed by atoms with van der Waals surface area (Å²) in [5.41, 5.74) is 3.18. The summed E-state index contributed by atoms with van der Waals surface area (Å²) in [5, 5.41) is 9.70. The monoisotopic (exact) mass is 492 g/mol. The lowest BCUT2D eigenvalue weighted by Gasteiger charge is -2.10. The van der Waals surface area contributed by atoms with Crippen molar-refractivity contribution in [2.24, 2.45) is 5.10 Å². The van der Waals surface area contributed by atoms with Crippen LogP contribution in [0.15, 0.2) is 47.6 Å². The number of hydrogen-bond donors (Lipinski definition) is 3. The van der Waals surface area contributed by atoms with E-state index < -0.39 is 17.7 Å². The quantitative estimate of drug-likeness (QED) is 0.297. The fourth-order valence-corrected chi connectivity index (χ4v) is 3.37. The topological polar surface area (TPSA) is 118 Å². The van der Waals surface area contributed by atoms with E-state index in [0.717, 1.165) is 12.8 Å². The van der Waals surface area contributed by atoms with Crippen molar-refractivity contribution in [3.63, 3.8) is 0 Å². The summed E-state index contributed by atoms with van der Waals surface area (Å²) >= 11 is 11.9. The summed E-state index contributed by atoms with van der Waals surface area (Å²) in [6.45, 7) is 0.704. The zero-order valence-corrected chi connectivity index (χ0v) is 19.0. The fraction of sp³-hybridized carbons (Fsp3) is 0.273. The van der Waals surface area contributed by atoms with Crippen molar-refractivity contribution in [2.45, 2.75) is 18.9 Å². The van der Waals surface area contributed by atoms with E-state index in [1.165, 1.54) is 12.3 Å². The van der Waals surface area contributed by atoms with Crippen LogP contribution in [-0.4, -0.2) is 49.8 Å². The second-order valence-corrected chi connectivity index (χ2v) is 7.92. The second-order valence-electron chi connectivity index (χ2n) is 7.08. The first kappa shape index (κ1) is 24.5. The fourth-order valence-electron chi connectivity index (χ4n) is 2.92. The maximum atomic E-state index is 12.1. The highest BCUT2D eigenvalue weighted by Gasteiger charge is 2.19. The zero-order chi connectivity index (χ0) is 23.6. The third-order valence-corrected chi connectivity index (χ3v) is 5.08. The first-order valence-corrected chi connectivity index (χ1v) is 10.9. The van der Waals surface area contributed by atoms with Crippen LogP contribution in [0.5, 0.6) is 5.75 Å². The predicted molar refractivity (Wildman–Crippen MR) is 125 cm³/mol. The van der Waals surface area contributed by atoms with E-state index in [1.807, 2.05) is 0 Å². The van der Waals surface area contributed by atoms with Gasteiger partial charge in [0.2, 0.25) is 0 Å². The van der Waals surface area contributed by atoms with Crippen molar-refractivity contribution in [1.29, 1.82) is 0 Å². The summed E-state index contributed by atoms with van der Waals surface area (Å²) in [6, 6.07) is 11.4. The van der Waals surface area contributed by atoms with Crippen LogP contribution in [0.3, 0.4) is 0 Å². The number of carbonyl (C=O) groups is 3. The molecule has 1 heterocycles. The highest BCUT2D eigenvalue weighted by molar-refractivity contribution is 6.36. The van der Waals surface area contributed by atoms with Crippen LogP contribution in [0.1, 0.15) is 18.4 Å². The van der Waals surface area contributed by atoms with Gasteiger partial charge in [0.1, 0.15) is 5.75 Å². The minimum Gasteiger partial charge on any atom is -0.484 e. The third-order valence-electron chi connectivity index (χ3n) is 4.53. The number of anilines is 1. The molecule has 3 N–H and O–H groups in total. The largest absolute Gasteiger partial charge is 0.484 e. The highest BCUT2D eigenvalue weighted by atomic mass is 35.5. The van der Waals surface area contributed by atoms with E-state index in [9.17, 15) is 14.4 Å². The lowest BCUT2D eigenvalue weighted by atomic mass is 10.2. The molecule has 3 rings (SSSR count). The van der Waals surface area contributed by atoms with Crippen LogP contribution < -0.4 is 20.8 Å². The first-order valence-electron chi connectivity index (χ1n) is 10.1. The van der Waals surface area contributed by atoms with Gasteiger partial charge in [0, 0.05) is 18.2 Å². The van der Waals surface area contributed by atoms with Gasteiger partial charge in [-0.05, 0) is 48.7 Å². The smallest absolute Gasteiger partial charge is 0.329 e. The third kappa shape index (κ3) is 8.05. The van der Waals surface area contributed by atoms with Crippen molar-refractivity contribution in [1.82, 2.24) is 10.7 Å². The molecule has 0 bridgehead atoms. The highest BCUT2D eigenvalue weighted by Crippen LogP contribution is 2.25. The molecule has 1 atom stereocenters. The molecule has 0 aliphatic carbocycles. The van der Waals surface area contributed by atoms with Crippen LogP contribution in [0.25, 0.3) is 0 Å². The Morgan fingerprint density at radius 1 is 1.15 bits per heavy atom. The van der Waals surface area contributed by atoms with Gasteiger partial charge < -0.3 is 20.1 Å². The Kier molecular flexibility index (Phi) is 9.05. The maximum Gasteiger partial charge on any atom is 0.329 e. The molecule has 0 spiro atoms. The number of amides is 3. The number of carbonyl (C=O) groups excluding carboxylic acids is 3. The van der Waals surface area contributed by atoms with Crippen LogP contribution in [0, 0.1) is 0 Å². The van der Waals surface area contributed by atoms with E-state index in [0.29, 0.717) is 33.7 Å². The Bertz CT molecular complexity index is 1040. The lowest BCUT2D eigenvalue weighted by Crippen LogP contribution is -2.41. The Morgan fingerprint density at radius 3 is 2.76 bits per heavy atom. The molecule has 9 nitrogen and oxygen atoms in total. The summed E-state index contributed by atoms with van der Waals surface area (Å²) < 4.78 is 10.9. The van der Waals surface area contributed by atoms with Crippen molar-refractivity contribution < 1.29 is 23.9 Å². The summed E-state index contributed by atoms with van der Waals surface area (Å²) in [5.74, 6) is -1.66. The summed E-state index contributed by atoms with van der Waals surface area (Å²) in [6.07, 6.45) is 3.10. The molecule has 174 valence electrons. The molecule has 1 aliphatic heterocycles. The van der Waals surface area contributed by atoms with Crippen molar-refractivity contribution in [3.05, 3.63) is 58.1 Å². The van der Waals surface area contributed by atoms with Crippen LogP contribution in [-0.2, 0) is 19.1 Å².